The van der Waals surface area contributed by atoms with Crippen molar-refractivity contribution in [2.45, 2.75) is 27.2 Å². The average Bonchev–Trinajstić information content (AvgIpc) is 2.42. The summed E-state index contributed by atoms with van der Waals surface area (Å²) in [5.41, 5.74) is 2.71. The van der Waals surface area contributed by atoms with Gasteiger partial charge < -0.3 is 5.32 Å². The number of benzene rings is 1. The highest BCUT2D eigenvalue weighted by Crippen LogP contribution is 2.25. The predicted octanol–water partition coefficient (Wildman–Crippen LogP) is 4.35. The Bertz CT molecular complexity index is 629. The topological polar surface area (TPSA) is 37.8 Å². The van der Waals surface area contributed by atoms with Crippen molar-refractivity contribution < 1.29 is 4.39 Å². The maximum atomic E-state index is 13.6. The Morgan fingerprint density at radius 1 is 1.25 bits per heavy atom. The lowest BCUT2D eigenvalue weighted by molar-refractivity contribution is 0.621. The van der Waals surface area contributed by atoms with Gasteiger partial charge in [0.05, 0.1) is 4.47 Å². The second kappa shape index (κ2) is 6.31. The maximum Gasteiger partial charge on any atom is 0.161 e. The van der Waals surface area contributed by atoms with E-state index in [-0.39, 0.29) is 5.82 Å². The SMILES string of the molecule is CCNc1nc(-c2ccc(Br)c(F)c2)nc(C)c1CC. The summed E-state index contributed by atoms with van der Waals surface area (Å²) in [7, 11) is 0. The molecule has 0 fully saturated rings. The predicted molar refractivity (Wildman–Crippen MR) is 83.4 cm³/mol. The molecule has 0 aliphatic heterocycles. The zero-order chi connectivity index (χ0) is 14.7. The van der Waals surface area contributed by atoms with E-state index in [1.165, 1.54) is 6.07 Å². The summed E-state index contributed by atoms with van der Waals surface area (Å²) in [4.78, 5) is 9.03. The minimum absolute atomic E-state index is 0.312. The van der Waals surface area contributed by atoms with E-state index in [0.717, 1.165) is 30.0 Å². The highest BCUT2D eigenvalue weighted by Gasteiger charge is 2.12. The van der Waals surface area contributed by atoms with Crippen molar-refractivity contribution in [2.75, 3.05) is 11.9 Å². The van der Waals surface area contributed by atoms with Gasteiger partial charge in [0.1, 0.15) is 11.6 Å². The number of rotatable bonds is 4. The second-order valence-corrected chi connectivity index (χ2v) is 5.33. The van der Waals surface area contributed by atoms with E-state index in [2.05, 4.69) is 38.1 Å². The summed E-state index contributed by atoms with van der Waals surface area (Å²) in [6.07, 6.45) is 0.864. The molecule has 0 saturated heterocycles. The van der Waals surface area contributed by atoms with Crippen LogP contribution in [0.3, 0.4) is 0 Å². The number of aromatic nitrogens is 2. The molecule has 1 heterocycles. The molecule has 5 heteroatoms. The van der Waals surface area contributed by atoms with Gasteiger partial charge >= 0.3 is 0 Å². The van der Waals surface area contributed by atoms with Crippen molar-refractivity contribution in [3.05, 3.63) is 39.7 Å². The lowest BCUT2D eigenvalue weighted by atomic mass is 10.1. The van der Waals surface area contributed by atoms with Gasteiger partial charge in [-0.2, -0.15) is 0 Å². The van der Waals surface area contributed by atoms with E-state index in [9.17, 15) is 4.39 Å². The lowest BCUT2D eigenvalue weighted by Gasteiger charge is -2.13. The first kappa shape index (κ1) is 14.9. The number of nitrogens with zero attached hydrogens (tertiary/aromatic N) is 2. The molecule has 2 aromatic rings. The van der Waals surface area contributed by atoms with E-state index in [4.69, 9.17) is 0 Å². The molecule has 0 unspecified atom stereocenters. The van der Waals surface area contributed by atoms with Crippen LogP contribution in [0.15, 0.2) is 22.7 Å². The number of aryl methyl sites for hydroxylation is 1. The van der Waals surface area contributed by atoms with Gasteiger partial charge in [-0.1, -0.05) is 6.92 Å². The largest absolute Gasteiger partial charge is 0.370 e. The van der Waals surface area contributed by atoms with Crippen molar-refractivity contribution in [2.24, 2.45) is 0 Å². The Balaban J connectivity index is 2.54. The quantitative estimate of drug-likeness (QED) is 0.901. The van der Waals surface area contributed by atoms with E-state index in [1.807, 2.05) is 19.9 Å². The number of nitrogens with one attached hydrogen (secondary N) is 1. The van der Waals surface area contributed by atoms with Crippen LogP contribution in [0, 0.1) is 12.7 Å². The number of halogens is 2. The molecule has 0 radical (unpaired) electrons. The van der Waals surface area contributed by atoms with Crippen LogP contribution in [0.1, 0.15) is 25.1 Å². The van der Waals surface area contributed by atoms with Gasteiger partial charge in [0.2, 0.25) is 0 Å². The van der Waals surface area contributed by atoms with E-state index in [1.54, 1.807) is 6.07 Å². The van der Waals surface area contributed by atoms with Crippen molar-refractivity contribution >= 4 is 21.7 Å². The molecule has 1 aromatic heterocycles. The fourth-order valence-electron chi connectivity index (χ4n) is 2.10. The van der Waals surface area contributed by atoms with Crippen LogP contribution in [-0.2, 0) is 6.42 Å². The highest BCUT2D eigenvalue weighted by molar-refractivity contribution is 9.10. The normalized spacial score (nSPS) is 10.7. The third kappa shape index (κ3) is 2.98. The molecule has 3 nitrogen and oxygen atoms in total. The summed E-state index contributed by atoms with van der Waals surface area (Å²) in [5.74, 6) is 1.07. The van der Waals surface area contributed by atoms with Crippen LogP contribution in [0.2, 0.25) is 0 Å². The summed E-state index contributed by atoms with van der Waals surface area (Å²) in [6.45, 7) is 6.85. The molecule has 0 bridgehead atoms. The zero-order valence-electron chi connectivity index (χ0n) is 11.8. The van der Waals surface area contributed by atoms with Crippen LogP contribution in [-0.4, -0.2) is 16.5 Å². The molecule has 0 amide bonds. The first-order chi connectivity index (χ1) is 9.56. The minimum Gasteiger partial charge on any atom is -0.370 e. The first-order valence-corrected chi connectivity index (χ1v) is 7.42. The Labute approximate surface area is 126 Å². The Morgan fingerprint density at radius 2 is 2.00 bits per heavy atom. The fourth-order valence-corrected chi connectivity index (χ4v) is 2.34. The fraction of sp³-hybridized carbons (Fsp3) is 0.333. The molecule has 1 aromatic carbocycles. The maximum absolute atomic E-state index is 13.6. The Kier molecular flexibility index (Phi) is 4.70. The first-order valence-electron chi connectivity index (χ1n) is 6.63. The van der Waals surface area contributed by atoms with Crippen molar-refractivity contribution in [1.29, 1.82) is 0 Å². The number of anilines is 1. The Hall–Kier alpha value is -1.49. The van der Waals surface area contributed by atoms with Crippen LogP contribution in [0.25, 0.3) is 11.4 Å². The minimum atomic E-state index is -0.312. The molecule has 0 spiro atoms. The molecule has 20 heavy (non-hydrogen) atoms. The molecule has 0 saturated carbocycles. The summed E-state index contributed by atoms with van der Waals surface area (Å²) < 4.78 is 14.1. The number of hydrogen-bond acceptors (Lipinski definition) is 3. The molecule has 1 N–H and O–H groups in total. The number of hydrogen-bond donors (Lipinski definition) is 1. The van der Waals surface area contributed by atoms with Crippen molar-refractivity contribution in [3.63, 3.8) is 0 Å². The van der Waals surface area contributed by atoms with Crippen LogP contribution < -0.4 is 5.32 Å². The summed E-state index contributed by atoms with van der Waals surface area (Å²) in [5, 5.41) is 3.25. The molecule has 0 aliphatic rings. The molecule has 106 valence electrons. The van der Waals surface area contributed by atoms with Crippen molar-refractivity contribution in [3.8, 4) is 11.4 Å². The van der Waals surface area contributed by atoms with E-state index in [0.29, 0.717) is 15.9 Å². The highest BCUT2D eigenvalue weighted by atomic mass is 79.9. The van der Waals surface area contributed by atoms with Gasteiger partial charge in [-0.3, -0.25) is 0 Å². The zero-order valence-corrected chi connectivity index (χ0v) is 13.4. The van der Waals surface area contributed by atoms with Gasteiger partial charge in [0.15, 0.2) is 5.82 Å². The van der Waals surface area contributed by atoms with E-state index >= 15 is 0 Å². The third-order valence-corrected chi connectivity index (χ3v) is 3.73. The molecule has 2 rings (SSSR count). The second-order valence-electron chi connectivity index (χ2n) is 4.47. The van der Waals surface area contributed by atoms with Crippen molar-refractivity contribution in [1.82, 2.24) is 9.97 Å². The third-order valence-electron chi connectivity index (χ3n) is 3.09. The van der Waals surface area contributed by atoms with Gasteiger partial charge in [-0.15, -0.1) is 0 Å². The van der Waals surface area contributed by atoms with Gasteiger partial charge in [0, 0.05) is 23.4 Å². The van der Waals surface area contributed by atoms with Gasteiger partial charge in [-0.25, -0.2) is 14.4 Å². The van der Waals surface area contributed by atoms with Crippen LogP contribution in [0.5, 0.6) is 0 Å². The molecular formula is C15H17BrFN3. The van der Waals surface area contributed by atoms with Crippen LogP contribution in [0.4, 0.5) is 10.2 Å². The van der Waals surface area contributed by atoms with Gasteiger partial charge in [0.25, 0.3) is 0 Å². The Morgan fingerprint density at radius 3 is 2.60 bits per heavy atom. The van der Waals surface area contributed by atoms with Crippen LogP contribution >= 0.6 is 15.9 Å². The van der Waals surface area contributed by atoms with E-state index < -0.39 is 0 Å². The summed E-state index contributed by atoms with van der Waals surface area (Å²) in [6, 6.07) is 4.92. The molecule has 0 aliphatic carbocycles. The monoisotopic (exact) mass is 337 g/mol. The summed E-state index contributed by atoms with van der Waals surface area (Å²) >= 11 is 3.15. The average molecular weight is 338 g/mol. The standard InChI is InChI=1S/C15H17BrFN3/c1-4-11-9(3)19-14(20-15(11)18-5-2)10-6-7-12(16)13(17)8-10/h6-8H,4-5H2,1-3H3,(H,18,19,20). The lowest BCUT2D eigenvalue weighted by Crippen LogP contribution is -2.08. The van der Waals surface area contributed by atoms with Gasteiger partial charge in [-0.05, 0) is 54.4 Å². The molecule has 0 atom stereocenters. The molecular weight excluding hydrogens is 321 g/mol. The smallest absolute Gasteiger partial charge is 0.161 e.